The maximum atomic E-state index is 13.2. The van der Waals surface area contributed by atoms with Crippen LogP contribution in [0, 0.1) is 5.92 Å². The lowest BCUT2D eigenvalue weighted by atomic mass is 9.83. The van der Waals surface area contributed by atoms with Crippen LogP contribution in [0.3, 0.4) is 0 Å². The summed E-state index contributed by atoms with van der Waals surface area (Å²) in [5.74, 6) is -0.442. The lowest BCUT2D eigenvalue weighted by molar-refractivity contribution is -0.150. The number of hydrogen-bond acceptors (Lipinski definition) is 4. The molecule has 212 valence electrons. The maximum Gasteiger partial charge on any atom is 0.416 e. The summed E-state index contributed by atoms with van der Waals surface area (Å²) in [6.45, 7) is 4.07. The van der Waals surface area contributed by atoms with E-state index in [2.05, 4.69) is 17.1 Å². The summed E-state index contributed by atoms with van der Waals surface area (Å²) >= 11 is 12.3. The normalized spacial score (nSPS) is 17.9. The van der Waals surface area contributed by atoms with Crippen LogP contribution in [0.1, 0.15) is 47.7 Å². The second-order valence-corrected chi connectivity index (χ2v) is 11.0. The number of para-hydroxylation sites is 2. The summed E-state index contributed by atoms with van der Waals surface area (Å²) in [7, 11) is 0. The van der Waals surface area contributed by atoms with Crippen LogP contribution in [0.15, 0.2) is 66.7 Å². The fourth-order valence-corrected chi connectivity index (χ4v) is 6.05. The molecule has 0 radical (unpaired) electrons. The third-order valence-electron chi connectivity index (χ3n) is 7.71. The standard InChI is InChI=1S/C30H29Cl2F3N2O3/c1-19(13-16-36-28(38)27-23(31)5-4-6-24(27)32)37-17-14-21(15-18-37)29(39-25-7-2-3-8-26(25)40-29)20-9-11-22(12-10-20)30(33,34)35/h2-12,19,21H,13-18H2,1H3,(H,36,38). The molecule has 2 aliphatic heterocycles. The van der Waals surface area contributed by atoms with Crippen LogP contribution in [0.2, 0.25) is 10.0 Å². The Morgan fingerprint density at radius 3 is 2.10 bits per heavy atom. The van der Waals surface area contributed by atoms with Gasteiger partial charge in [-0.25, -0.2) is 0 Å². The minimum Gasteiger partial charge on any atom is -0.444 e. The molecule has 0 aromatic heterocycles. The van der Waals surface area contributed by atoms with Crippen molar-refractivity contribution in [3.8, 4) is 11.5 Å². The first kappa shape index (κ1) is 28.6. The van der Waals surface area contributed by atoms with Gasteiger partial charge in [-0.1, -0.05) is 53.5 Å². The van der Waals surface area contributed by atoms with Gasteiger partial charge in [0.1, 0.15) is 0 Å². The van der Waals surface area contributed by atoms with Gasteiger partial charge in [0.25, 0.3) is 11.7 Å². The number of nitrogens with zero attached hydrogens (tertiary/aromatic N) is 1. The zero-order valence-corrected chi connectivity index (χ0v) is 23.3. The highest BCUT2D eigenvalue weighted by atomic mass is 35.5. The van der Waals surface area contributed by atoms with Crippen molar-refractivity contribution in [3.63, 3.8) is 0 Å². The third-order valence-corrected chi connectivity index (χ3v) is 8.34. The van der Waals surface area contributed by atoms with Gasteiger partial charge in [-0.05, 0) is 75.7 Å². The minimum absolute atomic E-state index is 0.0813. The third kappa shape index (κ3) is 5.76. The van der Waals surface area contributed by atoms with Crippen LogP contribution in [-0.2, 0) is 12.0 Å². The zero-order valence-electron chi connectivity index (χ0n) is 21.8. The predicted molar refractivity (Wildman–Crippen MR) is 148 cm³/mol. The SMILES string of the molecule is CC(CCNC(=O)c1c(Cl)cccc1Cl)N1CCC(C2(c3ccc(C(F)(F)F)cc3)Oc3ccccc3O2)CC1. The average molecular weight is 593 g/mol. The van der Waals surface area contributed by atoms with Gasteiger partial charge < -0.3 is 19.7 Å². The molecule has 5 nitrogen and oxygen atoms in total. The molecule has 1 amide bonds. The van der Waals surface area contributed by atoms with Crippen molar-refractivity contribution in [2.45, 2.75) is 44.2 Å². The van der Waals surface area contributed by atoms with E-state index >= 15 is 0 Å². The van der Waals surface area contributed by atoms with Crippen molar-refractivity contribution in [3.05, 3.63) is 93.5 Å². The number of ether oxygens (including phenoxy) is 2. The average Bonchev–Trinajstić information content (AvgIpc) is 3.33. The van der Waals surface area contributed by atoms with Gasteiger partial charge in [-0.2, -0.15) is 13.2 Å². The van der Waals surface area contributed by atoms with Crippen molar-refractivity contribution < 1.29 is 27.4 Å². The molecule has 1 atom stereocenters. The number of nitrogens with one attached hydrogen (secondary N) is 1. The van der Waals surface area contributed by atoms with E-state index in [-0.39, 0.29) is 23.4 Å². The van der Waals surface area contributed by atoms with Crippen molar-refractivity contribution >= 4 is 29.1 Å². The number of carbonyl (C=O) groups excluding carboxylic acids is 1. The van der Waals surface area contributed by atoms with Crippen molar-refractivity contribution in [2.75, 3.05) is 19.6 Å². The van der Waals surface area contributed by atoms with Crippen molar-refractivity contribution in [2.24, 2.45) is 5.92 Å². The monoisotopic (exact) mass is 592 g/mol. The van der Waals surface area contributed by atoms with Gasteiger partial charge in [0, 0.05) is 24.1 Å². The molecule has 1 N–H and O–H groups in total. The minimum atomic E-state index is -4.42. The molecule has 1 unspecified atom stereocenters. The Bertz CT molecular complexity index is 1310. The number of piperidine rings is 1. The molecule has 1 fully saturated rings. The van der Waals surface area contributed by atoms with Gasteiger partial charge in [0.15, 0.2) is 11.5 Å². The number of amides is 1. The Balaban J connectivity index is 1.23. The van der Waals surface area contributed by atoms with Gasteiger partial charge in [0.2, 0.25) is 0 Å². The number of halogens is 5. The van der Waals surface area contributed by atoms with Gasteiger partial charge in [-0.3, -0.25) is 4.79 Å². The van der Waals surface area contributed by atoms with E-state index in [1.165, 1.54) is 12.1 Å². The van der Waals surface area contributed by atoms with Crippen LogP contribution in [-0.4, -0.2) is 36.5 Å². The molecule has 0 spiro atoms. The van der Waals surface area contributed by atoms with Crippen LogP contribution in [0.25, 0.3) is 0 Å². The summed E-state index contributed by atoms with van der Waals surface area (Å²) in [5.41, 5.74) is 0.115. The molecular weight excluding hydrogens is 564 g/mol. The Kier molecular flexibility index (Phi) is 8.22. The highest BCUT2D eigenvalue weighted by Crippen LogP contribution is 2.50. The number of likely N-dealkylation sites (tertiary alicyclic amines) is 1. The fourth-order valence-electron chi connectivity index (χ4n) is 5.48. The molecule has 2 heterocycles. The zero-order chi connectivity index (χ0) is 28.5. The van der Waals surface area contributed by atoms with E-state index in [9.17, 15) is 18.0 Å². The lowest BCUT2D eigenvalue weighted by Crippen LogP contribution is -2.50. The predicted octanol–water partition coefficient (Wildman–Crippen LogP) is 7.56. The summed E-state index contributed by atoms with van der Waals surface area (Å²) < 4.78 is 52.5. The maximum absolute atomic E-state index is 13.2. The van der Waals surface area contributed by atoms with Crippen LogP contribution in [0.5, 0.6) is 11.5 Å². The largest absolute Gasteiger partial charge is 0.444 e. The van der Waals surface area contributed by atoms with Crippen LogP contribution < -0.4 is 14.8 Å². The number of alkyl halides is 3. The molecule has 0 bridgehead atoms. The van der Waals surface area contributed by atoms with Crippen molar-refractivity contribution in [1.29, 1.82) is 0 Å². The molecule has 5 rings (SSSR count). The highest BCUT2D eigenvalue weighted by molar-refractivity contribution is 6.39. The molecule has 0 saturated carbocycles. The Morgan fingerprint density at radius 2 is 1.55 bits per heavy atom. The molecule has 40 heavy (non-hydrogen) atoms. The molecule has 10 heteroatoms. The topological polar surface area (TPSA) is 50.8 Å². The first-order chi connectivity index (χ1) is 19.1. The van der Waals surface area contributed by atoms with Crippen LogP contribution >= 0.6 is 23.2 Å². The number of carbonyl (C=O) groups is 1. The quantitative estimate of drug-likeness (QED) is 0.307. The summed E-state index contributed by atoms with van der Waals surface area (Å²) in [5, 5.41) is 3.51. The van der Waals surface area contributed by atoms with E-state index in [0.717, 1.165) is 44.5 Å². The Labute approximate surface area is 241 Å². The summed E-state index contributed by atoms with van der Waals surface area (Å²) in [6.07, 6.45) is -2.25. The second-order valence-electron chi connectivity index (χ2n) is 10.2. The number of hydrogen-bond donors (Lipinski definition) is 1. The van der Waals surface area contributed by atoms with Gasteiger partial charge >= 0.3 is 6.18 Å². The van der Waals surface area contributed by atoms with Crippen LogP contribution in [0.4, 0.5) is 13.2 Å². The number of fused-ring (bicyclic) bond motifs is 1. The van der Waals surface area contributed by atoms with Crippen molar-refractivity contribution in [1.82, 2.24) is 10.2 Å². The Morgan fingerprint density at radius 1 is 0.975 bits per heavy atom. The Hall–Kier alpha value is -2.94. The van der Waals surface area contributed by atoms with E-state index in [4.69, 9.17) is 32.7 Å². The van der Waals surface area contributed by atoms with E-state index in [1.54, 1.807) is 18.2 Å². The molecule has 2 aliphatic rings. The van der Waals surface area contributed by atoms with E-state index in [1.807, 2.05) is 24.3 Å². The summed E-state index contributed by atoms with van der Waals surface area (Å²) in [6, 6.07) is 17.5. The van der Waals surface area contributed by atoms with Gasteiger partial charge in [-0.15, -0.1) is 0 Å². The molecule has 0 aliphatic carbocycles. The second kappa shape index (κ2) is 11.5. The first-order valence-electron chi connectivity index (χ1n) is 13.2. The molecule has 1 saturated heterocycles. The summed E-state index contributed by atoms with van der Waals surface area (Å²) in [4.78, 5) is 14.9. The van der Waals surface area contributed by atoms with Gasteiger partial charge in [0.05, 0.1) is 21.2 Å². The first-order valence-corrected chi connectivity index (χ1v) is 13.9. The number of benzene rings is 3. The van der Waals surface area contributed by atoms with E-state index in [0.29, 0.717) is 33.7 Å². The van der Waals surface area contributed by atoms with E-state index < -0.39 is 17.5 Å². The number of rotatable bonds is 7. The fraction of sp³-hybridized carbons (Fsp3) is 0.367. The molecular formula is C30H29Cl2F3N2O3. The lowest BCUT2D eigenvalue weighted by Gasteiger charge is -2.42. The molecule has 3 aromatic rings. The smallest absolute Gasteiger partial charge is 0.416 e. The highest BCUT2D eigenvalue weighted by Gasteiger charge is 2.51. The molecule has 3 aromatic carbocycles.